The Bertz CT molecular complexity index is 470. The first kappa shape index (κ1) is 37.2. The molecule has 0 aliphatic carbocycles. The van der Waals surface area contributed by atoms with E-state index in [9.17, 15) is 4.79 Å². The molecule has 0 heterocycles. The number of esters is 1. The highest BCUT2D eigenvalue weighted by molar-refractivity contribution is 5.69. The number of carbonyl (C=O) groups is 1. The zero-order valence-corrected chi connectivity index (χ0v) is 26.4. The topological polar surface area (TPSA) is 26.3 Å². The van der Waals surface area contributed by atoms with E-state index in [1.54, 1.807) is 0 Å². The van der Waals surface area contributed by atoms with E-state index in [1.165, 1.54) is 173 Å². The second-order valence-electron chi connectivity index (χ2n) is 11.9. The Labute approximate surface area is 240 Å². The average molecular weight is 535 g/mol. The maximum Gasteiger partial charge on any atom is 0.305 e. The van der Waals surface area contributed by atoms with Crippen molar-refractivity contribution in [2.75, 3.05) is 6.61 Å². The van der Waals surface area contributed by atoms with E-state index in [2.05, 4.69) is 26.0 Å². The second-order valence-corrected chi connectivity index (χ2v) is 11.9. The molecule has 0 fully saturated rings. The van der Waals surface area contributed by atoms with Crippen LogP contribution < -0.4 is 0 Å². The number of unbranched alkanes of at least 4 members (excludes halogenated alkanes) is 26. The minimum absolute atomic E-state index is 0.0202. The van der Waals surface area contributed by atoms with Gasteiger partial charge in [-0.1, -0.05) is 180 Å². The first-order chi connectivity index (χ1) is 18.8. The van der Waals surface area contributed by atoms with Gasteiger partial charge >= 0.3 is 5.97 Å². The molecule has 0 rings (SSSR count). The maximum atomic E-state index is 11.9. The molecule has 0 saturated heterocycles. The van der Waals surface area contributed by atoms with Crippen LogP contribution in [-0.4, -0.2) is 12.6 Å². The molecule has 0 aromatic heterocycles. The largest absolute Gasteiger partial charge is 0.466 e. The number of hydrogen-bond donors (Lipinski definition) is 0. The molecular formula is C36H70O2. The molecule has 0 aromatic rings. The van der Waals surface area contributed by atoms with Crippen molar-refractivity contribution in [2.24, 2.45) is 0 Å². The summed E-state index contributed by atoms with van der Waals surface area (Å²) in [6, 6.07) is 0. The molecule has 0 aromatic carbocycles. The van der Waals surface area contributed by atoms with Gasteiger partial charge in [-0.05, 0) is 32.1 Å². The average Bonchev–Trinajstić information content (AvgIpc) is 2.92. The molecule has 0 atom stereocenters. The fourth-order valence-corrected chi connectivity index (χ4v) is 5.23. The predicted octanol–water partition coefficient (Wildman–Crippen LogP) is 12.8. The third-order valence-corrected chi connectivity index (χ3v) is 7.90. The number of hydrogen-bond acceptors (Lipinski definition) is 2. The van der Waals surface area contributed by atoms with Gasteiger partial charge in [0.1, 0.15) is 0 Å². The Balaban J connectivity index is 3.16. The number of allylic oxidation sites excluding steroid dienone is 2. The van der Waals surface area contributed by atoms with Crippen LogP contribution in [0.15, 0.2) is 12.2 Å². The normalized spacial score (nSPS) is 11.5. The summed E-state index contributed by atoms with van der Waals surface area (Å²) in [5.74, 6) is 0.0202. The van der Waals surface area contributed by atoms with Gasteiger partial charge in [0.2, 0.25) is 0 Å². The molecular weight excluding hydrogens is 464 g/mol. The van der Waals surface area contributed by atoms with E-state index in [-0.39, 0.29) is 5.97 Å². The van der Waals surface area contributed by atoms with E-state index in [1.807, 2.05) is 0 Å². The first-order valence-corrected chi connectivity index (χ1v) is 17.6. The highest BCUT2D eigenvalue weighted by Gasteiger charge is 2.02. The third-order valence-electron chi connectivity index (χ3n) is 7.90. The van der Waals surface area contributed by atoms with Crippen LogP contribution in [0, 0.1) is 0 Å². The smallest absolute Gasteiger partial charge is 0.305 e. The van der Waals surface area contributed by atoms with Crippen molar-refractivity contribution in [3.63, 3.8) is 0 Å². The maximum absolute atomic E-state index is 11.9. The quantitative estimate of drug-likeness (QED) is 0.0487. The van der Waals surface area contributed by atoms with Gasteiger partial charge in [0.25, 0.3) is 0 Å². The highest BCUT2D eigenvalue weighted by atomic mass is 16.5. The summed E-state index contributed by atoms with van der Waals surface area (Å²) in [5, 5.41) is 0. The molecule has 2 heteroatoms. The molecule has 0 unspecified atom stereocenters. The second kappa shape index (κ2) is 34.2. The number of ether oxygens (including phenoxy) is 1. The van der Waals surface area contributed by atoms with E-state index < -0.39 is 0 Å². The van der Waals surface area contributed by atoms with Gasteiger partial charge in [0.15, 0.2) is 0 Å². The number of rotatable bonds is 32. The zero-order valence-electron chi connectivity index (χ0n) is 26.4. The van der Waals surface area contributed by atoms with Crippen LogP contribution in [0.5, 0.6) is 0 Å². The molecule has 0 amide bonds. The lowest BCUT2D eigenvalue weighted by atomic mass is 10.0. The summed E-state index contributed by atoms with van der Waals surface area (Å²) < 4.78 is 5.42. The minimum Gasteiger partial charge on any atom is -0.466 e. The molecule has 0 N–H and O–H groups in total. The summed E-state index contributed by atoms with van der Waals surface area (Å²) >= 11 is 0. The Kier molecular flexibility index (Phi) is 33.5. The van der Waals surface area contributed by atoms with Crippen LogP contribution >= 0.6 is 0 Å². The highest BCUT2D eigenvalue weighted by Crippen LogP contribution is 2.15. The van der Waals surface area contributed by atoms with Crippen LogP contribution in [0.2, 0.25) is 0 Å². The van der Waals surface area contributed by atoms with Crippen molar-refractivity contribution in [3.05, 3.63) is 12.2 Å². The van der Waals surface area contributed by atoms with Crippen molar-refractivity contribution in [2.45, 2.75) is 206 Å². The lowest BCUT2D eigenvalue weighted by Crippen LogP contribution is -2.05. The van der Waals surface area contributed by atoms with E-state index in [0.29, 0.717) is 13.0 Å². The van der Waals surface area contributed by atoms with E-state index in [0.717, 1.165) is 12.8 Å². The molecule has 2 nitrogen and oxygen atoms in total. The van der Waals surface area contributed by atoms with Gasteiger partial charge in [-0.15, -0.1) is 0 Å². The Hall–Kier alpha value is -0.790. The molecule has 0 bridgehead atoms. The standard InChI is InChI=1S/C36H70O2/c1-3-5-7-9-11-13-15-17-18-19-20-21-22-23-24-26-28-30-32-34-36(37)38-35-33-31-29-27-25-16-14-12-10-8-6-4-2/h10,12H,3-9,11,13-35H2,1-2H3/b12-10-. The molecule has 0 saturated carbocycles. The van der Waals surface area contributed by atoms with Crippen molar-refractivity contribution in [3.8, 4) is 0 Å². The summed E-state index contributed by atoms with van der Waals surface area (Å²) in [6.07, 6.45) is 44.2. The molecule has 226 valence electrons. The van der Waals surface area contributed by atoms with E-state index in [4.69, 9.17) is 4.74 Å². The van der Waals surface area contributed by atoms with Crippen molar-refractivity contribution < 1.29 is 9.53 Å². The Morgan fingerprint density at radius 1 is 0.421 bits per heavy atom. The van der Waals surface area contributed by atoms with Gasteiger partial charge in [-0.3, -0.25) is 4.79 Å². The van der Waals surface area contributed by atoms with Crippen molar-refractivity contribution >= 4 is 5.97 Å². The monoisotopic (exact) mass is 535 g/mol. The minimum atomic E-state index is 0.0202. The van der Waals surface area contributed by atoms with Crippen LogP contribution in [-0.2, 0) is 9.53 Å². The molecule has 0 spiro atoms. The number of carbonyl (C=O) groups excluding carboxylic acids is 1. The summed E-state index contributed by atoms with van der Waals surface area (Å²) in [5.41, 5.74) is 0. The fourth-order valence-electron chi connectivity index (χ4n) is 5.23. The molecule has 0 aliphatic rings. The molecule has 0 aliphatic heterocycles. The lowest BCUT2D eigenvalue weighted by Gasteiger charge is -2.05. The van der Waals surface area contributed by atoms with Crippen LogP contribution in [0.3, 0.4) is 0 Å². The van der Waals surface area contributed by atoms with Gasteiger partial charge in [-0.25, -0.2) is 0 Å². The third kappa shape index (κ3) is 33.2. The van der Waals surface area contributed by atoms with Gasteiger partial charge in [-0.2, -0.15) is 0 Å². The zero-order chi connectivity index (χ0) is 27.6. The lowest BCUT2D eigenvalue weighted by molar-refractivity contribution is -0.143. The molecule has 0 radical (unpaired) electrons. The summed E-state index contributed by atoms with van der Waals surface area (Å²) in [4.78, 5) is 11.9. The SMILES string of the molecule is CCCC/C=C\CCCCCCCCOC(=O)CCCCCCCCCCCCCCCCCCCCC. The predicted molar refractivity (Wildman–Crippen MR) is 170 cm³/mol. The van der Waals surface area contributed by atoms with Crippen LogP contribution in [0.1, 0.15) is 206 Å². The van der Waals surface area contributed by atoms with Crippen LogP contribution in [0.25, 0.3) is 0 Å². The summed E-state index contributed by atoms with van der Waals surface area (Å²) in [6.45, 7) is 5.17. The summed E-state index contributed by atoms with van der Waals surface area (Å²) in [7, 11) is 0. The van der Waals surface area contributed by atoms with Gasteiger partial charge in [0.05, 0.1) is 6.61 Å². The van der Waals surface area contributed by atoms with E-state index >= 15 is 0 Å². The van der Waals surface area contributed by atoms with Crippen LogP contribution in [0.4, 0.5) is 0 Å². The fraction of sp³-hybridized carbons (Fsp3) is 0.917. The van der Waals surface area contributed by atoms with Crippen molar-refractivity contribution in [1.82, 2.24) is 0 Å². The molecule has 38 heavy (non-hydrogen) atoms. The Morgan fingerprint density at radius 3 is 1.21 bits per heavy atom. The first-order valence-electron chi connectivity index (χ1n) is 17.6. The van der Waals surface area contributed by atoms with Crippen molar-refractivity contribution in [1.29, 1.82) is 0 Å². The van der Waals surface area contributed by atoms with Gasteiger partial charge in [0, 0.05) is 6.42 Å². The van der Waals surface area contributed by atoms with Gasteiger partial charge < -0.3 is 4.74 Å². The Morgan fingerprint density at radius 2 is 0.763 bits per heavy atom.